The molecule has 0 bridgehead atoms. The van der Waals surface area contributed by atoms with Crippen LogP contribution in [0.4, 0.5) is 0 Å². The number of aromatic nitrogens is 6. The van der Waals surface area contributed by atoms with Crippen LogP contribution in [0.15, 0.2) is 61.5 Å². The van der Waals surface area contributed by atoms with Gasteiger partial charge < -0.3 is 0 Å². The number of pyridine rings is 2. The summed E-state index contributed by atoms with van der Waals surface area (Å²) in [5.41, 5.74) is 9.72. The van der Waals surface area contributed by atoms with Gasteiger partial charge in [0.1, 0.15) is 0 Å². The molecule has 4 heterocycles. The Bertz CT molecular complexity index is 1330. The summed E-state index contributed by atoms with van der Waals surface area (Å²) >= 11 is 0. The third-order valence-corrected chi connectivity index (χ3v) is 7.48. The van der Waals surface area contributed by atoms with Crippen LogP contribution >= 0.6 is 0 Å². The van der Waals surface area contributed by atoms with E-state index in [0.29, 0.717) is 12.1 Å². The van der Waals surface area contributed by atoms with Gasteiger partial charge in [-0.05, 0) is 49.9 Å². The van der Waals surface area contributed by atoms with Crippen LogP contribution in [0.1, 0.15) is 88.0 Å². The molecule has 196 valence electrons. The normalized spacial score (nSPS) is 14.6. The lowest BCUT2D eigenvalue weighted by Crippen LogP contribution is -2.04. The fourth-order valence-corrected chi connectivity index (χ4v) is 5.35. The van der Waals surface area contributed by atoms with Crippen molar-refractivity contribution in [2.24, 2.45) is 0 Å². The molecule has 0 aliphatic heterocycles. The molecule has 0 amide bonds. The largest absolute Gasteiger partial charge is 0.269 e. The summed E-state index contributed by atoms with van der Waals surface area (Å²) in [6, 6.07) is 5.09. The van der Waals surface area contributed by atoms with Crippen molar-refractivity contribution in [1.29, 1.82) is 0 Å². The molecule has 2 atom stereocenters. The molecule has 6 heteroatoms. The lowest BCUT2D eigenvalue weighted by molar-refractivity contribution is 0.455. The van der Waals surface area contributed by atoms with Crippen LogP contribution < -0.4 is 0 Å². The fraction of sp³-hybridized carbons (Fsp3) is 0.375. The molecule has 4 aromatic heterocycles. The van der Waals surface area contributed by atoms with E-state index in [1.54, 1.807) is 0 Å². The van der Waals surface area contributed by atoms with E-state index in [1.807, 2.05) is 24.8 Å². The Morgan fingerprint density at radius 2 is 1.16 bits per heavy atom. The first-order valence-corrected chi connectivity index (χ1v) is 14.0. The highest BCUT2D eigenvalue weighted by Gasteiger charge is 2.16. The van der Waals surface area contributed by atoms with Crippen molar-refractivity contribution in [1.82, 2.24) is 29.5 Å². The number of rotatable bonds is 8. The van der Waals surface area contributed by atoms with Crippen LogP contribution in [0, 0.1) is 0 Å². The molecule has 0 N–H and O–H groups in total. The van der Waals surface area contributed by atoms with Gasteiger partial charge in [0.05, 0.1) is 23.8 Å². The van der Waals surface area contributed by atoms with E-state index in [9.17, 15) is 0 Å². The average molecular weight is 507 g/mol. The third-order valence-electron chi connectivity index (χ3n) is 7.48. The van der Waals surface area contributed by atoms with E-state index in [4.69, 9.17) is 0 Å². The van der Waals surface area contributed by atoms with Gasteiger partial charge in [-0.15, -0.1) is 0 Å². The molecule has 0 unspecified atom stereocenters. The zero-order valence-corrected chi connectivity index (χ0v) is 23.0. The summed E-state index contributed by atoms with van der Waals surface area (Å²) in [5.74, 6) is 0. The van der Waals surface area contributed by atoms with E-state index in [1.165, 1.54) is 57.6 Å². The van der Waals surface area contributed by atoms with Crippen molar-refractivity contribution in [2.45, 2.75) is 78.3 Å². The summed E-state index contributed by atoms with van der Waals surface area (Å²) in [4.78, 5) is 8.85. The van der Waals surface area contributed by atoms with Gasteiger partial charge in [-0.3, -0.25) is 19.3 Å². The lowest BCUT2D eigenvalue weighted by Gasteiger charge is -2.10. The van der Waals surface area contributed by atoms with Gasteiger partial charge in [0.15, 0.2) is 0 Å². The van der Waals surface area contributed by atoms with Gasteiger partial charge in [-0.2, -0.15) is 10.2 Å². The predicted octanol–water partition coefficient (Wildman–Crippen LogP) is 7.75. The standard InChI is InChI=1S/2C16H19N3/c2*1-3-5-12(2)19-11-13(10-18-19)14-8-9-17-16-7-4-6-15(14)16/h2*4,6,8-12H,3,5,7H2,1-2H3/t2*12-/m10/s1. The SMILES string of the molecule is CCC[C@@H](C)n1cc(-c2ccnc3c2C=CC3)cn1.CCC[C@H](C)n1cc(-c2ccnc3c2C=CC3)cn1. The summed E-state index contributed by atoms with van der Waals surface area (Å²) < 4.78 is 4.15. The molecule has 0 saturated heterocycles. The first-order valence-electron chi connectivity index (χ1n) is 14.0. The third kappa shape index (κ3) is 5.40. The average Bonchev–Trinajstić information content (AvgIpc) is 3.75. The van der Waals surface area contributed by atoms with Gasteiger partial charge in [0.25, 0.3) is 0 Å². The smallest absolute Gasteiger partial charge is 0.0568 e. The highest BCUT2D eigenvalue weighted by atomic mass is 15.3. The van der Waals surface area contributed by atoms with Crippen molar-refractivity contribution in [3.63, 3.8) is 0 Å². The van der Waals surface area contributed by atoms with Gasteiger partial charge in [-0.1, -0.05) is 51.0 Å². The van der Waals surface area contributed by atoms with Crippen LogP contribution in [0.3, 0.4) is 0 Å². The molecule has 0 spiro atoms. The molecule has 0 aromatic carbocycles. The van der Waals surface area contributed by atoms with E-state index < -0.39 is 0 Å². The zero-order valence-electron chi connectivity index (χ0n) is 23.0. The second-order valence-corrected chi connectivity index (χ2v) is 10.3. The Morgan fingerprint density at radius 1 is 0.711 bits per heavy atom. The molecule has 38 heavy (non-hydrogen) atoms. The Labute approximate surface area is 226 Å². The predicted molar refractivity (Wildman–Crippen MR) is 156 cm³/mol. The quantitative estimate of drug-likeness (QED) is 0.245. The van der Waals surface area contributed by atoms with Crippen molar-refractivity contribution in [2.75, 3.05) is 0 Å². The minimum Gasteiger partial charge on any atom is -0.269 e. The van der Waals surface area contributed by atoms with Crippen LogP contribution in [0.2, 0.25) is 0 Å². The molecule has 6 rings (SSSR count). The van der Waals surface area contributed by atoms with Crippen LogP contribution in [0.5, 0.6) is 0 Å². The van der Waals surface area contributed by atoms with Gasteiger partial charge in [0, 0.05) is 72.0 Å². The first kappa shape index (κ1) is 25.8. The maximum atomic E-state index is 4.51. The molecule has 2 aliphatic rings. The maximum absolute atomic E-state index is 4.51. The molecule has 0 fully saturated rings. The van der Waals surface area contributed by atoms with Crippen molar-refractivity contribution < 1.29 is 0 Å². The van der Waals surface area contributed by atoms with E-state index in [2.05, 4.69) is 106 Å². The second kappa shape index (κ2) is 11.7. The van der Waals surface area contributed by atoms with Crippen LogP contribution in [-0.4, -0.2) is 29.5 Å². The summed E-state index contributed by atoms with van der Waals surface area (Å²) in [7, 11) is 0. The minimum atomic E-state index is 0.462. The number of hydrogen-bond donors (Lipinski definition) is 0. The van der Waals surface area contributed by atoms with Crippen molar-refractivity contribution >= 4 is 12.2 Å². The molecule has 0 radical (unpaired) electrons. The Morgan fingerprint density at radius 3 is 1.58 bits per heavy atom. The Kier molecular flexibility index (Phi) is 7.97. The van der Waals surface area contributed by atoms with Crippen LogP contribution in [0.25, 0.3) is 34.4 Å². The molecular formula is C32H38N6. The summed E-state index contributed by atoms with van der Waals surface area (Å²) in [5, 5.41) is 9.02. The number of hydrogen-bond acceptors (Lipinski definition) is 4. The number of fused-ring (bicyclic) bond motifs is 2. The number of nitrogens with zero attached hydrogens (tertiary/aromatic N) is 6. The zero-order chi connectivity index (χ0) is 26.5. The molecule has 0 saturated carbocycles. The molecule has 2 aliphatic carbocycles. The van der Waals surface area contributed by atoms with Crippen molar-refractivity contribution in [3.8, 4) is 22.3 Å². The fourth-order valence-electron chi connectivity index (χ4n) is 5.35. The van der Waals surface area contributed by atoms with Gasteiger partial charge in [-0.25, -0.2) is 0 Å². The van der Waals surface area contributed by atoms with Gasteiger partial charge >= 0.3 is 0 Å². The van der Waals surface area contributed by atoms with E-state index in [0.717, 1.165) is 25.7 Å². The monoisotopic (exact) mass is 506 g/mol. The number of allylic oxidation sites excluding steroid dienone is 2. The van der Waals surface area contributed by atoms with Gasteiger partial charge in [0.2, 0.25) is 0 Å². The van der Waals surface area contributed by atoms with Crippen LogP contribution in [-0.2, 0) is 12.8 Å². The van der Waals surface area contributed by atoms with E-state index >= 15 is 0 Å². The van der Waals surface area contributed by atoms with Crippen molar-refractivity contribution in [3.05, 3.63) is 84.0 Å². The highest BCUT2D eigenvalue weighted by Crippen LogP contribution is 2.31. The second-order valence-electron chi connectivity index (χ2n) is 10.3. The Balaban J connectivity index is 0.000000155. The van der Waals surface area contributed by atoms with E-state index in [-0.39, 0.29) is 0 Å². The molecule has 6 nitrogen and oxygen atoms in total. The topological polar surface area (TPSA) is 61.4 Å². The molecular weight excluding hydrogens is 468 g/mol. The summed E-state index contributed by atoms with van der Waals surface area (Å²) in [6.45, 7) is 8.86. The molecule has 4 aromatic rings. The summed E-state index contributed by atoms with van der Waals surface area (Å²) in [6.07, 6.45) is 27.3. The Hall–Kier alpha value is -3.80. The maximum Gasteiger partial charge on any atom is 0.0568 e. The minimum absolute atomic E-state index is 0.462. The first-order chi connectivity index (χ1) is 18.6. The highest BCUT2D eigenvalue weighted by molar-refractivity contribution is 5.78. The lowest BCUT2D eigenvalue weighted by atomic mass is 10.0.